The summed E-state index contributed by atoms with van der Waals surface area (Å²) in [6, 6.07) is 13.8. The Hall–Kier alpha value is -3.07. The molecule has 0 spiro atoms. The molecule has 7 nitrogen and oxygen atoms in total. The first-order valence-electron chi connectivity index (χ1n) is 8.43. The Labute approximate surface area is 161 Å². The summed E-state index contributed by atoms with van der Waals surface area (Å²) in [5.74, 6) is 0. The molecular formula is C20H16N2O5S. The average molecular weight is 396 g/mol. The Bertz CT molecular complexity index is 1250. The third-order valence-corrected chi connectivity index (χ3v) is 6.26. The van der Waals surface area contributed by atoms with Crippen molar-refractivity contribution in [1.82, 2.24) is 4.72 Å². The first kappa shape index (κ1) is 18.3. The Balaban J connectivity index is 1.70. The van der Waals surface area contributed by atoms with Crippen molar-refractivity contribution in [2.24, 2.45) is 0 Å². The van der Waals surface area contributed by atoms with E-state index in [1.54, 1.807) is 12.1 Å². The number of sulfonamides is 1. The number of hydrogen-bond donors (Lipinski definition) is 2. The molecule has 4 rings (SSSR count). The van der Waals surface area contributed by atoms with Gasteiger partial charge < -0.3 is 5.11 Å². The number of rotatable bonds is 5. The number of nitrogens with zero attached hydrogens (tertiary/aromatic N) is 1. The predicted octanol–water partition coefficient (Wildman–Crippen LogP) is 3.38. The third-order valence-electron chi connectivity index (χ3n) is 4.74. The number of benzene rings is 3. The maximum Gasteiger partial charge on any atom is 0.269 e. The Morgan fingerprint density at radius 1 is 1.04 bits per heavy atom. The number of nitro benzene ring substituents is 1. The summed E-state index contributed by atoms with van der Waals surface area (Å²) in [5.41, 5.74) is -0.0801. The van der Waals surface area contributed by atoms with Crippen LogP contribution in [-0.2, 0) is 15.7 Å². The molecule has 1 aliphatic rings. The minimum atomic E-state index is -4.06. The Kier molecular flexibility index (Phi) is 4.07. The van der Waals surface area contributed by atoms with Gasteiger partial charge in [-0.05, 0) is 58.7 Å². The van der Waals surface area contributed by atoms with Crippen LogP contribution in [0.15, 0.2) is 59.5 Å². The lowest BCUT2D eigenvalue weighted by molar-refractivity contribution is -0.384. The fourth-order valence-corrected chi connectivity index (χ4v) is 4.68. The Morgan fingerprint density at radius 3 is 2.39 bits per heavy atom. The van der Waals surface area contributed by atoms with Crippen LogP contribution in [0.2, 0.25) is 0 Å². The van der Waals surface area contributed by atoms with Crippen molar-refractivity contribution >= 4 is 38.6 Å². The van der Waals surface area contributed by atoms with Gasteiger partial charge in [0.1, 0.15) is 0 Å². The number of hydrogen-bond acceptors (Lipinski definition) is 5. The van der Waals surface area contributed by atoms with E-state index < -0.39 is 20.7 Å². The molecule has 0 saturated carbocycles. The van der Waals surface area contributed by atoms with Gasteiger partial charge in [-0.2, -0.15) is 4.72 Å². The van der Waals surface area contributed by atoms with Crippen LogP contribution in [-0.4, -0.2) is 18.4 Å². The molecule has 0 saturated heterocycles. The second-order valence-electron chi connectivity index (χ2n) is 6.77. The molecular weight excluding hydrogens is 380 g/mol. The maximum absolute atomic E-state index is 12.9. The van der Waals surface area contributed by atoms with E-state index >= 15 is 0 Å². The van der Waals surface area contributed by atoms with Crippen LogP contribution >= 0.6 is 0 Å². The highest BCUT2D eigenvalue weighted by molar-refractivity contribution is 7.89. The molecule has 0 heterocycles. The molecule has 0 amide bonds. The molecule has 0 aliphatic heterocycles. The predicted molar refractivity (Wildman–Crippen MR) is 106 cm³/mol. The Morgan fingerprint density at radius 2 is 1.71 bits per heavy atom. The second-order valence-corrected chi connectivity index (χ2v) is 8.46. The summed E-state index contributed by atoms with van der Waals surface area (Å²) in [4.78, 5) is 10.2. The van der Waals surface area contributed by atoms with Crippen LogP contribution in [0.5, 0.6) is 0 Å². The molecule has 3 aromatic rings. The zero-order chi connectivity index (χ0) is 20.1. The monoisotopic (exact) mass is 396 g/mol. The smallest absolute Gasteiger partial charge is 0.269 e. The van der Waals surface area contributed by atoms with Gasteiger partial charge in [-0.1, -0.05) is 30.4 Å². The van der Waals surface area contributed by atoms with Gasteiger partial charge in [0.05, 0.1) is 9.82 Å². The van der Waals surface area contributed by atoms with Crippen molar-refractivity contribution in [3.8, 4) is 0 Å². The van der Waals surface area contributed by atoms with Crippen LogP contribution in [0, 0.1) is 10.1 Å². The fourth-order valence-electron chi connectivity index (χ4n) is 3.35. The lowest BCUT2D eigenvalue weighted by Crippen LogP contribution is -2.43. The standard InChI is InChI=1S/C20H16N2O5S/c1-20(23,16-7-9-17(10-8-16)22(24)25)21-28(26,27)18-11-14-4-2-3-13-5-6-15(12-18)19(13)14/h2-12,21,23H,1H3. The van der Waals surface area contributed by atoms with E-state index in [1.165, 1.54) is 31.2 Å². The SMILES string of the molecule is CC(O)(NS(=O)(=O)c1cc2c3c(cccc3c1)C=C2)c1ccc([N+](=O)[O-])cc1. The molecule has 142 valence electrons. The van der Waals surface area contributed by atoms with E-state index in [-0.39, 0.29) is 16.1 Å². The molecule has 8 heteroatoms. The molecule has 1 aliphatic carbocycles. The van der Waals surface area contributed by atoms with Gasteiger partial charge in [-0.15, -0.1) is 0 Å². The van der Waals surface area contributed by atoms with Crippen molar-refractivity contribution in [3.63, 3.8) is 0 Å². The summed E-state index contributed by atoms with van der Waals surface area (Å²) in [6.07, 6.45) is 3.78. The van der Waals surface area contributed by atoms with E-state index in [1.807, 2.05) is 30.4 Å². The van der Waals surface area contributed by atoms with E-state index in [9.17, 15) is 23.6 Å². The molecule has 0 radical (unpaired) electrons. The van der Waals surface area contributed by atoms with Crippen LogP contribution in [0.1, 0.15) is 23.6 Å². The highest BCUT2D eigenvalue weighted by Crippen LogP contribution is 2.34. The molecule has 0 bridgehead atoms. The van der Waals surface area contributed by atoms with Gasteiger partial charge in [-0.25, -0.2) is 8.42 Å². The van der Waals surface area contributed by atoms with Crippen molar-refractivity contribution < 1.29 is 18.4 Å². The normalized spacial score (nSPS) is 14.9. The van der Waals surface area contributed by atoms with Gasteiger partial charge in [0.2, 0.25) is 10.0 Å². The highest BCUT2D eigenvalue weighted by Gasteiger charge is 2.31. The molecule has 0 aromatic heterocycles. The van der Waals surface area contributed by atoms with Gasteiger partial charge in [0.25, 0.3) is 5.69 Å². The summed E-state index contributed by atoms with van der Waals surface area (Å²) in [7, 11) is -4.06. The number of non-ortho nitro benzene ring substituents is 1. The zero-order valence-electron chi connectivity index (χ0n) is 14.8. The topological polar surface area (TPSA) is 110 Å². The summed E-state index contributed by atoms with van der Waals surface area (Å²) in [5, 5.41) is 23.2. The van der Waals surface area contributed by atoms with Crippen LogP contribution in [0.3, 0.4) is 0 Å². The van der Waals surface area contributed by atoms with Gasteiger partial charge in [0, 0.05) is 12.1 Å². The molecule has 1 atom stereocenters. The van der Waals surface area contributed by atoms with Crippen molar-refractivity contribution in [3.05, 3.63) is 81.4 Å². The van der Waals surface area contributed by atoms with Gasteiger partial charge >= 0.3 is 0 Å². The molecule has 0 fully saturated rings. The summed E-state index contributed by atoms with van der Waals surface area (Å²) >= 11 is 0. The zero-order valence-corrected chi connectivity index (χ0v) is 15.6. The number of nitro groups is 1. The van der Waals surface area contributed by atoms with Crippen LogP contribution in [0.4, 0.5) is 5.69 Å². The fraction of sp³-hybridized carbons (Fsp3) is 0.100. The van der Waals surface area contributed by atoms with E-state index in [2.05, 4.69) is 4.72 Å². The molecule has 3 aromatic carbocycles. The van der Waals surface area contributed by atoms with Crippen molar-refractivity contribution in [2.75, 3.05) is 0 Å². The highest BCUT2D eigenvalue weighted by atomic mass is 32.2. The van der Waals surface area contributed by atoms with E-state index in [0.29, 0.717) is 0 Å². The number of nitrogens with one attached hydrogen (secondary N) is 1. The lowest BCUT2D eigenvalue weighted by Gasteiger charge is -2.25. The maximum atomic E-state index is 12.9. The largest absolute Gasteiger partial charge is 0.371 e. The molecule has 2 N–H and O–H groups in total. The summed E-state index contributed by atoms with van der Waals surface area (Å²) in [6.45, 7) is 1.28. The average Bonchev–Trinajstić information content (AvgIpc) is 3.06. The van der Waals surface area contributed by atoms with Gasteiger partial charge in [0.15, 0.2) is 5.72 Å². The minimum Gasteiger partial charge on any atom is -0.371 e. The number of aliphatic hydroxyl groups is 1. The lowest BCUT2D eigenvalue weighted by atomic mass is 10.0. The first-order chi connectivity index (χ1) is 13.2. The van der Waals surface area contributed by atoms with E-state index in [0.717, 1.165) is 21.9 Å². The second kappa shape index (κ2) is 6.23. The quantitative estimate of drug-likeness (QED) is 0.305. The van der Waals surface area contributed by atoms with E-state index in [4.69, 9.17) is 0 Å². The molecule has 1 unspecified atom stereocenters. The van der Waals surface area contributed by atoms with Crippen LogP contribution < -0.4 is 4.72 Å². The summed E-state index contributed by atoms with van der Waals surface area (Å²) < 4.78 is 28.1. The molecule has 28 heavy (non-hydrogen) atoms. The third kappa shape index (κ3) is 3.07. The first-order valence-corrected chi connectivity index (χ1v) is 9.92. The van der Waals surface area contributed by atoms with Crippen molar-refractivity contribution in [1.29, 1.82) is 0 Å². The van der Waals surface area contributed by atoms with Crippen molar-refractivity contribution in [2.45, 2.75) is 17.5 Å². The van der Waals surface area contributed by atoms with Gasteiger partial charge in [-0.3, -0.25) is 10.1 Å². The minimum absolute atomic E-state index is 0.0286. The van der Waals surface area contributed by atoms with Crippen LogP contribution in [0.25, 0.3) is 22.9 Å².